The number of pyridine rings is 1. The molecule has 0 radical (unpaired) electrons. The van der Waals surface area contributed by atoms with Crippen molar-refractivity contribution in [3.05, 3.63) is 36.0 Å². The minimum absolute atomic E-state index is 0.125. The number of hydrogen-bond donors (Lipinski definition) is 1. The van der Waals surface area contributed by atoms with E-state index in [1.165, 1.54) is 12.1 Å². The molecule has 2 rings (SSSR count). The molecule has 1 aromatic carbocycles. The normalized spacial score (nSPS) is 16.5. The van der Waals surface area contributed by atoms with Crippen LogP contribution in [0.2, 0.25) is 0 Å². The largest absolute Gasteiger partial charge is 0.416 e. The first-order valence-corrected chi connectivity index (χ1v) is 8.20. The second-order valence-corrected chi connectivity index (χ2v) is 6.71. The highest BCUT2D eigenvalue weighted by atomic mass is 31.2. The molecular formula is C14H15F3NO3P. The maximum Gasteiger partial charge on any atom is 0.416 e. The fourth-order valence-corrected chi connectivity index (χ4v) is 3.09. The van der Waals surface area contributed by atoms with Gasteiger partial charge in [-0.25, -0.2) is 0 Å². The van der Waals surface area contributed by atoms with Gasteiger partial charge in [0.05, 0.1) is 22.5 Å². The quantitative estimate of drug-likeness (QED) is 0.863. The first kappa shape index (κ1) is 16.9. The number of alkyl halides is 3. The smallest absolute Gasteiger partial charge is 0.321 e. The molecule has 4 nitrogen and oxygen atoms in total. The zero-order valence-corrected chi connectivity index (χ0v) is 12.9. The lowest BCUT2D eigenvalue weighted by molar-refractivity contribution is -0.137. The van der Waals surface area contributed by atoms with Gasteiger partial charge in [0.2, 0.25) is 0 Å². The Morgan fingerprint density at radius 3 is 2.64 bits per heavy atom. The van der Waals surface area contributed by atoms with Crippen LogP contribution in [0.15, 0.2) is 30.5 Å². The lowest BCUT2D eigenvalue weighted by atomic mass is 10.1. The highest BCUT2D eigenvalue weighted by molar-refractivity contribution is 7.61. The molecule has 0 aliphatic carbocycles. The highest BCUT2D eigenvalue weighted by Gasteiger charge is 2.31. The average Bonchev–Trinajstić information content (AvgIpc) is 2.44. The Morgan fingerprint density at radius 1 is 1.36 bits per heavy atom. The molecule has 0 spiro atoms. The van der Waals surface area contributed by atoms with Crippen LogP contribution >= 0.6 is 7.60 Å². The third-order valence-electron chi connectivity index (χ3n) is 3.22. The monoisotopic (exact) mass is 333 g/mol. The first-order chi connectivity index (χ1) is 10.1. The van der Waals surface area contributed by atoms with Gasteiger partial charge in [0.25, 0.3) is 0 Å². The fraction of sp³-hybridized carbons (Fsp3) is 0.357. The van der Waals surface area contributed by atoms with Crippen molar-refractivity contribution in [3.63, 3.8) is 0 Å². The molecule has 0 aliphatic rings. The average molecular weight is 333 g/mol. The van der Waals surface area contributed by atoms with Gasteiger partial charge >= 0.3 is 13.8 Å². The van der Waals surface area contributed by atoms with Gasteiger partial charge in [0, 0.05) is 11.6 Å². The summed E-state index contributed by atoms with van der Waals surface area (Å²) >= 11 is 0. The van der Waals surface area contributed by atoms with E-state index in [9.17, 15) is 22.6 Å². The number of rotatable bonds is 4. The summed E-state index contributed by atoms with van der Waals surface area (Å²) in [7, 11) is -4.12. The number of halogens is 3. The van der Waals surface area contributed by atoms with Crippen LogP contribution in [-0.2, 0) is 15.3 Å². The molecule has 0 saturated carbocycles. The second-order valence-electron chi connectivity index (χ2n) is 4.94. The standard InChI is InChI=1S/C14H15F3NO3P/c1-3-9(2)21-22(19,20)12-7-10-6-11(14(15,16)17)4-5-13(10)18-8-12/h4-9H,3H2,1-2H3,(H,19,20). The lowest BCUT2D eigenvalue weighted by Gasteiger charge is -2.17. The number of aromatic nitrogens is 1. The van der Waals surface area contributed by atoms with E-state index in [4.69, 9.17) is 4.52 Å². The van der Waals surface area contributed by atoms with E-state index in [1.807, 2.05) is 0 Å². The molecule has 0 bridgehead atoms. The lowest BCUT2D eigenvalue weighted by Crippen LogP contribution is -2.13. The number of benzene rings is 1. The topological polar surface area (TPSA) is 59.4 Å². The summed E-state index contributed by atoms with van der Waals surface area (Å²) in [5.74, 6) is 0. The molecule has 0 aliphatic heterocycles. The van der Waals surface area contributed by atoms with Crippen molar-refractivity contribution < 1.29 is 27.2 Å². The molecule has 8 heteroatoms. The minimum Gasteiger partial charge on any atom is -0.321 e. The SMILES string of the molecule is CCC(C)OP(=O)(O)c1cnc2ccc(C(F)(F)F)cc2c1. The van der Waals surface area contributed by atoms with Crippen LogP contribution in [-0.4, -0.2) is 16.0 Å². The van der Waals surface area contributed by atoms with Crippen molar-refractivity contribution >= 4 is 23.8 Å². The van der Waals surface area contributed by atoms with Gasteiger partial charge in [-0.05, 0) is 37.6 Å². The van der Waals surface area contributed by atoms with Gasteiger partial charge in [-0.3, -0.25) is 9.55 Å². The van der Waals surface area contributed by atoms with Crippen LogP contribution < -0.4 is 5.30 Å². The van der Waals surface area contributed by atoms with Crippen molar-refractivity contribution in [1.82, 2.24) is 4.98 Å². The Bertz CT molecular complexity index is 733. The van der Waals surface area contributed by atoms with Crippen LogP contribution in [0.3, 0.4) is 0 Å². The van der Waals surface area contributed by atoms with E-state index in [0.717, 1.165) is 18.3 Å². The summed E-state index contributed by atoms with van der Waals surface area (Å²) in [5, 5.41) is 0.00831. The Kier molecular flexibility index (Phi) is 4.61. The first-order valence-electron chi connectivity index (χ1n) is 6.62. The van der Waals surface area contributed by atoms with Crippen LogP contribution in [0, 0.1) is 0 Å². The Labute approximate surface area is 125 Å². The third-order valence-corrected chi connectivity index (χ3v) is 4.76. The summed E-state index contributed by atoms with van der Waals surface area (Å²) < 4.78 is 55.4. The molecule has 0 fully saturated rings. The molecule has 0 saturated heterocycles. The van der Waals surface area contributed by atoms with Gasteiger partial charge < -0.3 is 9.42 Å². The Morgan fingerprint density at radius 2 is 2.05 bits per heavy atom. The van der Waals surface area contributed by atoms with Crippen molar-refractivity contribution in [2.75, 3.05) is 0 Å². The van der Waals surface area contributed by atoms with Gasteiger partial charge in [-0.1, -0.05) is 6.92 Å². The number of nitrogens with zero attached hydrogens (tertiary/aromatic N) is 1. The molecule has 120 valence electrons. The van der Waals surface area contributed by atoms with Crippen molar-refractivity contribution in [2.45, 2.75) is 32.5 Å². The second kappa shape index (κ2) is 5.99. The minimum atomic E-state index is -4.49. The molecule has 2 atom stereocenters. The third kappa shape index (κ3) is 3.66. The van der Waals surface area contributed by atoms with Crippen LogP contribution in [0.4, 0.5) is 13.2 Å². The molecular weight excluding hydrogens is 318 g/mol. The van der Waals surface area contributed by atoms with E-state index in [-0.39, 0.29) is 10.7 Å². The van der Waals surface area contributed by atoms with Crippen molar-refractivity contribution in [2.24, 2.45) is 0 Å². The predicted octanol–water partition coefficient (Wildman–Crippen LogP) is 3.88. The van der Waals surface area contributed by atoms with E-state index in [2.05, 4.69) is 4.98 Å². The molecule has 22 heavy (non-hydrogen) atoms. The maximum atomic E-state index is 12.7. The zero-order chi connectivity index (χ0) is 16.5. The zero-order valence-electron chi connectivity index (χ0n) is 12.0. The Hall–Kier alpha value is -1.43. The number of hydrogen-bond acceptors (Lipinski definition) is 3. The van der Waals surface area contributed by atoms with Gasteiger partial charge in [0.1, 0.15) is 0 Å². The van der Waals surface area contributed by atoms with Gasteiger partial charge in [-0.15, -0.1) is 0 Å². The summed E-state index contributed by atoms with van der Waals surface area (Å²) in [6, 6.07) is 4.25. The molecule has 0 amide bonds. The summed E-state index contributed by atoms with van der Waals surface area (Å²) in [4.78, 5) is 13.9. The molecule has 2 aromatic rings. The molecule has 2 unspecified atom stereocenters. The molecule has 1 N–H and O–H groups in total. The summed E-state index contributed by atoms with van der Waals surface area (Å²) in [6.07, 6.45) is -3.25. The van der Waals surface area contributed by atoms with Gasteiger partial charge in [-0.2, -0.15) is 13.2 Å². The molecule has 1 aromatic heterocycles. The fourth-order valence-electron chi connectivity index (χ4n) is 1.83. The maximum absolute atomic E-state index is 12.7. The highest BCUT2D eigenvalue weighted by Crippen LogP contribution is 2.43. The van der Waals surface area contributed by atoms with Crippen molar-refractivity contribution in [1.29, 1.82) is 0 Å². The number of fused-ring (bicyclic) bond motifs is 1. The predicted molar refractivity (Wildman–Crippen MR) is 77.0 cm³/mol. The Balaban J connectivity index is 2.47. The van der Waals surface area contributed by atoms with Gasteiger partial charge in [0.15, 0.2) is 0 Å². The summed E-state index contributed by atoms with van der Waals surface area (Å²) in [6.45, 7) is 3.43. The van der Waals surface area contributed by atoms with Crippen LogP contribution in [0.1, 0.15) is 25.8 Å². The van der Waals surface area contributed by atoms with Crippen molar-refractivity contribution in [3.8, 4) is 0 Å². The van der Waals surface area contributed by atoms with E-state index >= 15 is 0 Å². The van der Waals surface area contributed by atoms with E-state index in [0.29, 0.717) is 11.9 Å². The summed E-state index contributed by atoms with van der Waals surface area (Å²) in [5.41, 5.74) is -0.533. The van der Waals surface area contributed by atoms with Crippen LogP contribution in [0.25, 0.3) is 10.9 Å². The molecule has 1 heterocycles. The van der Waals surface area contributed by atoms with E-state index in [1.54, 1.807) is 13.8 Å². The van der Waals surface area contributed by atoms with E-state index < -0.39 is 25.4 Å². The van der Waals surface area contributed by atoms with Crippen LogP contribution in [0.5, 0.6) is 0 Å².